The van der Waals surface area contributed by atoms with E-state index in [1.807, 2.05) is 31.2 Å². The quantitative estimate of drug-likeness (QED) is 0.196. The Bertz CT molecular complexity index is 1220. The first-order chi connectivity index (χ1) is 16.5. The molecule has 9 nitrogen and oxygen atoms in total. The van der Waals surface area contributed by atoms with Crippen molar-refractivity contribution in [3.63, 3.8) is 0 Å². The van der Waals surface area contributed by atoms with E-state index in [1.54, 1.807) is 11.8 Å². The van der Waals surface area contributed by atoms with Crippen LogP contribution in [0.15, 0.2) is 39.0 Å². The van der Waals surface area contributed by atoms with Crippen LogP contribution in [0.25, 0.3) is 11.2 Å². The van der Waals surface area contributed by atoms with E-state index in [2.05, 4.69) is 22.1 Å². The van der Waals surface area contributed by atoms with Gasteiger partial charge < -0.3 is 15.0 Å². The highest BCUT2D eigenvalue weighted by Gasteiger charge is 2.17. The van der Waals surface area contributed by atoms with Gasteiger partial charge in [0.05, 0.1) is 19.8 Å². The van der Waals surface area contributed by atoms with Gasteiger partial charge in [-0.05, 0) is 18.9 Å². The van der Waals surface area contributed by atoms with Crippen LogP contribution < -0.4 is 16.4 Å². The minimum atomic E-state index is -0.675. The number of aromatic nitrogens is 4. The van der Waals surface area contributed by atoms with Gasteiger partial charge in [0.1, 0.15) is 5.52 Å². The van der Waals surface area contributed by atoms with Crippen molar-refractivity contribution in [1.82, 2.24) is 24.4 Å². The molecule has 1 aliphatic heterocycles. The van der Waals surface area contributed by atoms with Gasteiger partial charge >= 0.3 is 11.1 Å². The van der Waals surface area contributed by atoms with Gasteiger partial charge in [0.2, 0.25) is 0 Å². The van der Waals surface area contributed by atoms with Crippen molar-refractivity contribution in [1.29, 1.82) is 0 Å². The summed E-state index contributed by atoms with van der Waals surface area (Å²) in [6.07, 6.45) is 2.13. The number of benzene rings is 1. The summed E-state index contributed by atoms with van der Waals surface area (Å²) in [5.41, 5.74) is 1.67. The summed E-state index contributed by atoms with van der Waals surface area (Å²) in [5.74, 6) is 1.44. The molecule has 182 valence electrons. The minimum Gasteiger partial charge on any atom is -0.379 e. The van der Waals surface area contributed by atoms with Crippen LogP contribution >= 0.6 is 11.8 Å². The van der Waals surface area contributed by atoms with Crippen LogP contribution in [0.3, 0.4) is 0 Å². The lowest BCUT2D eigenvalue weighted by atomic mass is 10.1. The highest BCUT2D eigenvalue weighted by molar-refractivity contribution is 7.99. The maximum atomic E-state index is 12.9. The molecule has 0 aliphatic carbocycles. The molecule has 2 aromatic heterocycles. The smallest absolute Gasteiger partial charge is 0.318 e. The van der Waals surface area contributed by atoms with Crippen LogP contribution in [0, 0.1) is 6.92 Å². The number of thioether (sulfide) groups is 1. The Balaban J connectivity index is 1.69. The molecule has 0 atom stereocenters. The number of anilines is 1. The fraction of sp³-hybridized carbons (Fsp3) is 0.500. The first-order valence-electron chi connectivity index (χ1n) is 11.8. The Hall–Kier alpha value is -2.69. The average Bonchev–Trinajstić information content (AvgIpc) is 2.84. The number of ether oxygens (including phenoxy) is 1. The molecule has 0 radical (unpaired) electrons. The van der Waals surface area contributed by atoms with E-state index >= 15 is 0 Å². The number of aryl methyl sites for hydroxylation is 1. The number of H-pyrrole nitrogens is 1. The van der Waals surface area contributed by atoms with E-state index in [1.165, 1.54) is 4.57 Å². The van der Waals surface area contributed by atoms with Gasteiger partial charge in [-0.3, -0.25) is 19.1 Å². The van der Waals surface area contributed by atoms with Crippen molar-refractivity contribution >= 4 is 28.7 Å². The normalized spacial score (nSPS) is 14.5. The van der Waals surface area contributed by atoms with Crippen LogP contribution in [0.5, 0.6) is 0 Å². The molecule has 2 N–H and O–H groups in total. The molecular weight excluding hydrogens is 452 g/mol. The molecule has 34 heavy (non-hydrogen) atoms. The van der Waals surface area contributed by atoms with Crippen molar-refractivity contribution in [2.75, 3.05) is 50.5 Å². The van der Waals surface area contributed by atoms with E-state index in [0.717, 1.165) is 62.6 Å². The molecule has 1 saturated heterocycles. The van der Waals surface area contributed by atoms with Crippen LogP contribution in [0.1, 0.15) is 30.9 Å². The summed E-state index contributed by atoms with van der Waals surface area (Å²) in [7, 11) is 0. The van der Waals surface area contributed by atoms with Crippen molar-refractivity contribution in [3.05, 3.63) is 56.1 Å². The summed E-state index contributed by atoms with van der Waals surface area (Å²) < 4.78 is 6.88. The molecular formula is C24H32N6O3S. The highest BCUT2D eigenvalue weighted by Crippen LogP contribution is 2.23. The van der Waals surface area contributed by atoms with Crippen LogP contribution in [-0.4, -0.2) is 69.6 Å². The van der Waals surface area contributed by atoms with Crippen molar-refractivity contribution in [3.8, 4) is 0 Å². The summed E-state index contributed by atoms with van der Waals surface area (Å²) in [5, 5.41) is 3.97. The maximum Gasteiger partial charge on any atom is 0.318 e. The molecule has 1 aliphatic rings. The largest absolute Gasteiger partial charge is 0.379 e. The van der Waals surface area contributed by atoms with Gasteiger partial charge in [-0.1, -0.05) is 54.9 Å². The van der Waals surface area contributed by atoms with Crippen molar-refractivity contribution < 1.29 is 4.74 Å². The second-order valence-electron chi connectivity index (χ2n) is 8.47. The lowest BCUT2D eigenvalue weighted by Crippen LogP contribution is -2.39. The van der Waals surface area contributed by atoms with Crippen molar-refractivity contribution in [2.24, 2.45) is 0 Å². The number of hydrogen-bond acceptors (Lipinski definition) is 8. The van der Waals surface area contributed by atoms with Gasteiger partial charge in [0, 0.05) is 31.9 Å². The molecule has 0 amide bonds. The van der Waals surface area contributed by atoms with Crippen LogP contribution in [0.4, 0.5) is 5.82 Å². The number of nitrogens with zero attached hydrogens (tertiary/aromatic N) is 4. The lowest BCUT2D eigenvalue weighted by molar-refractivity contribution is 0.0398. The topological polar surface area (TPSA) is 105 Å². The van der Waals surface area contributed by atoms with Gasteiger partial charge in [-0.2, -0.15) is 0 Å². The standard InChI is InChI=1S/C24H32N6O3S/c1-3-4-15-34-24-27-20(25-9-10-29-11-13-33-14-12-29)19-21(28-24)30(23(32)22(31)26-19)16-18-7-5-17(2)6-8-18/h5-8H,3-4,9-16H2,1-2H3,(H,26,31)(H,25,27,28). The molecule has 0 saturated carbocycles. The third-order valence-electron chi connectivity index (χ3n) is 5.82. The van der Waals surface area contributed by atoms with Gasteiger partial charge in [-0.15, -0.1) is 0 Å². The van der Waals surface area contributed by atoms with Crippen LogP contribution in [-0.2, 0) is 11.3 Å². The average molecular weight is 485 g/mol. The monoisotopic (exact) mass is 484 g/mol. The zero-order valence-electron chi connectivity index (χ0n) is 19.8. The summed E-state index contributed by atoms with van der Waals surface area (Å²) in [4.78, 5) is 39.9. The zero-order chi connectivity index (χ0) is 23.9. The predicted molar refractivity (Wildman–Crippen MR) is 136 cm³/mol. The van der Waals surface area contributed by atoms with E-state index < -0.39 is 11.1 Å². The Morgan fingerprint density at radius 1 is 1.15 bits per heavy atom. The number of unbranched alkanes of at least 4 members (excludes halogenated alkanes) is 1. The zero-order valence-corrected chi connectivity index (χ0v) is 20.6. The summed E-state index contributed by atoms with van der Waals surface area (Å²) in [6.45, 7) is 9.20. The Morgan fingerprint density at radius 3 is 2.65 bits per heavy atom. The lowest BCUT2D eigenvalue weighted by Gasteiger charge is -2.26. The number of nitrogens with one attached hydrogen (secondary N) is 2. The van der Waals surface area contributed by atoms with E-state index in [-0.39, 0.29) is 6.54 Å². The van der Waals surface area contributed by atoms with Gasteiger partial charge in [0.15, 0.2) is 16.6 Å². The first kappa shape index (κ1) is 24.4. The molecule has 1 fully saturated rings. The maximum absolute atomic E-state index is 12.9. The van der Waals surface area contributed by atoms with Gasteiger partial charge in [0.25, 0.3) is 0 Å². The third-order valence-corrected chi connectivity index (χ3v) is 6.75. The molecule has 10 heteroatoms. The molecule has 0 bridgehead atoms. The predicted octanol–water partition coefficient (Wildman–Crippen LogP) is 2.47. The van der Waals surface area contributed by atoms with E-state index in [9.17, 15) is 9.59 Å². The Labute approximate surface area is 203 Å². The van der Waals surface area contributed by atoms with E-state index in [0.29, 0.717) is 28.7 Å². The van der Waals surface area contributed by atoms with Crippen LogP contribution in [0.2, 0.25) is 0 Å². The number of hydrogen-bond donors (Lipinski definition) is 2. The molecule has 3 heterocycles. The molecule has 3 aromatic rings. The Morgan fingerprint density at radius 2 is 1.91 bits per heavy atom. The fourth-order valence-corrected chi connectivity index (χ4v) is 4.73. The number of aromatic amines is 1. The Kier molecular flexibility index (Phi) is 8.36. The van der Waals surface area contributed by atoms with Crippen molar-refractivity contribution in [2.45, 2.75) is 38.4 Å². The molecule has 4 rings (SSSR count). The summed E-state index contributed by atoms with van der Waals surface area (Å²) >= 11 is 1.57. The second-order valence-corrected chi connectivity index (χ2v) is 9.53. The highest BCUT2D eigenvalue weighted by atomic mass is 32.2. The molecule has 0 unspecified atom stereocenters. The second kappa shape index (κ2) is 11.6. The number of morpholine rings is 1. The molecule has 0 spiro atoms. The minimum absolute atomic E-state index is 0.267. The van der Waals surface area contributed by atoms with E-state index in [4.69, 9.17) is 14.7 Å². The number of fused-ring (bicyclic) bond motifs is 1. The molecule has 1 aromatic carbocycles. The summed E-state index contributed by atoms with van der Waals surface area (Å²) in [6, 6.07) is 7.92. The SMILES string of the molecule is CCCCSc1nc(NCCN2CCOCC2)c2[nH]c(=O)c(=O)n(Cc3ccc(C)cc3)c2n1. The van der Waals surface area contributed by atoms with Gasteiger partial charge in [-0.25, -0.2) is 9.97 Å². The number of rotatable bonds is 10. The fourth-order valence-electron chi connectivity index (χ4n) is 3.81. The first-order valence-corrected chi connectivity index (χ1v) is 12.8. The third kappa shape index (κ3) is 6.05.